The molecule has 0 saturated heterocycles. The molecule has 0 unspecified atom stereocenters. The van der Waals surface area contributed by atoms with Crippen molar-refractivity contribution in [1.82, 2.24) is 0 Å². The second kappa shape index (κ2) is 17.1. The molecule has 2 rings (SSSR count). The van der Waals surface area contributed by atoms with Gasteiger partial charge >= 0.3 is 0 Å². The third kappa shape index (κ3) is 14.3. The van der Waals surface area contributed by atoms with Crippen LogP contribution in [0.3, 0.4) is 0 Å². The summed E-state index contributed by atoms with van der Waals surface area (Å²) in [5.74, 6) is 0.624. The van der Waals surface area contributed by atoms with Crippen molar-refractivity contribution >= 4 is 37.5 Å². The van der Waals surface area contributed by atoms with Crippen molar-refractivity contribution in [3.63, 3.8) is 0 Å². The highest BCUT2D eigenvalue weighted by Crippen LogP contribution is 2.36. The van der Waals surface area contributed by atoms with Crippen LogP contribution in [0.1, 0.15) is 20.8 Å². The van der Waals surface area contributed by atoms with E-state index in [-0.39, 0.29) is 5.75 Å². The number of phenols is 1. The maximum absolute atomic E-state index is 9.46. The van der Waals surface area contributed by atoms with Crippen LogP contribution in [-0.4, -0.2) is 11.7 Å². The predicted molar refractivity (Wildman–Crippen MR) is 117 cm³/mol. The van der Waals surface area contributed by atoms with Crippen molar-refractivity contribution in [2.45, 2.75) is 20.8 Å². The van der Waals surface area contributed by atoms with E-state index >= 15 is 0 Å². The number of hydrogen-bond acceptors (Lipinski definition) is 3. The van der Waals surface area contributed by atoms with Gasteiger partial charge in [-0.05, 0) is 61.0 Å². The Bertz CT molecular complexity index is 596. The summed E-state index contributed by atoms with van der Waals surface area (Å²) >= 11 is 6.50. The Morgan fingerprint density at radius 3 is 1.92 bits per heavy atom. The lowest BCUT2D eigenvalue weighted by Crippen LogP contribution is -1.91. The first-order valence-electron chi connectivity index (χ1n) is 7.63. The molecule has 0 fully saturated rings. The minimum absolute atomic E-state index is 0.139. The molecule has 0 heterocycles. The summed E-state index contributed by atoms with van der Waals surface area (Å²) in [7, 11) is 0. The molecule has 0 aliphatic carbocycles. The Morgan fingerprint density at radius 2 is 1.56 bits per heavy atom. The Labute approximate surface area is 168 Å². The van der Waals surface area contributed by atoms with Crippen molar-refractivity contribution in [2.24, 2.45) is 0 Å². The SMILES string of the molecule is C=CC.C=CC.CCOc1cc(Br)cc(Br)c1O.Nc1ccccc1. The molecule has 0 aliphatic heterocycles. The Kier molecular flexibility index (Phi) is 17.5. The summed E-state index contributed by atoms with van der Waals surface area (Å²) in [6.07, 6.45) is 3.50. The van der Waals surface area contributed by atoms with E-state index in [0.29, 0.717) is 16.8 Å². The fourth-order valence-corrected chi connectivity index (χ4v) is 2.45. The minimum Gasteiger partial charge on any atom is -0.503 e. The van der Waals surface area contributed by atoms with Gasteiger partial charge in [-0.1, -0.05) is 46.3 Å². The fraction of sp³-hybridized carbons (Fsp3) is 0.200. The number of allylic oxidation sites excluding steroid dienone is 2. The van der Waals surface area contributed by atoms with Crippen LogP contribution < -0.4 is 10.5 Å². The van der Waals surface area contributed by atoms with Crippen LogP contribution in [0, 0.1) is 0 Å². The molecule has 0 aromatic heterocycles. The highest BCUT2D eigenvalue weighted by atomic mass is 79.9. The number of anilines is 1. The van der Waals surface area contributed by atoms with Crippen LogP contribution in [-0.2, 0) is 0 Å². The molecule has 0 atom stereocenters. The topological polar surface area (TPSA) is 55.5 Å². The van der Waals surface area contributed by atoms with E-state index in [1.165, 1.54) is 0 Å². The molecule has 0 aliphatic rings. The minimum atomic E-state index is 0.139. The maximum atomic E-state index is 9.46. The first kappa shape index (κ1) is 25.5. The number of rotatable bonds is 2. The highest BCUT2D eigenvalue weighted by Gasteiger charge is 2.07. The average molecular weight is 473 g/mol. The van der Waals surface area contributed by atoms with Crippen LogP contribution in [0.4, 0.5) is 5.69 Å². The normalized spacial score (nSPS) is 8.20. The molecule has 2 aromatic carbocycles. The van der Waals surface area contributed by atoms with Crippen molar-refractivity contribution in [1.29, 1.82) is 0 Å². The van der Waals surface area contributed by atoms with Crippen LogP contribution in [0.5, 0.6) is 11.5 Å². The summed E-state index contributed by atoms with van der Waals surface area (Å²) in [5.41, 5.74) is 6.18. The van der Waals surface area contributed by atoms with E-state index in [2.05, 4.69) is 45.0 Å². The lowest BCUT2D eigenvalue weighted by molar-refractivity contribution is 0.317. The zero-order valence-electron chi connectivity index (χ0n) is 15.0. The van der Waals surface area contributed by atoms with Crippen molar-refractivity contribution in [3.8, 4) is 11.5 Å². The zero-order chi connectivity index (χ0) is 19.7. The van der Waals surface area contributed by atoms with Gasteiger partial charge in [-0.2, -0.15) is 0 Å². The second-order valence-corrected chi connectivity index (χ2v) is 6.16. The van der Waals surface area contributed by atoms with E-state index in [1.54, 1.807) is 24.3 Å². The summed E-state index contributed by atoms with van der Waals surface area (Å²) in [5, 5.41) is 9.46. The molecule has 2 aromatic rings. The predicted octanol–water partition coefficient (Wildman–Crippen LogP) is 6.97. The second-order valence-electron chi connectivity index (χ2n) is 4.39. The van der Waals surface area contributed by atoms with E-state index in [0.717, 1.165) is 10.2 Å². The number of benzene rings is 2. The molecule has 3 nitrogen and oxygen atoms in total. The molecular formula is C20H27Br2NO2. The summed E-state index contributed by atoms with van der Waals surface area (Å²) < 4.78 is 6.68. The molecule has 0 spiro atoms. The molecule has 0 bridgehead atoms. The molecule has 0 amide bonds. The van der Waals surface area contributed by atoms with Gasteiger partial charge in [0.2, 0.25) is 0 Å². The molecule has 0 radical (unpaired) electrons. The van der Waals surface area contributed by atoms with Crippen LogP contribution in [0.2, 0.25) is 0 Å². The first-order chi connectivity index (χ1) is 11.9. The third-order valence-electron chi connectivity index (χ3n) is 2.09. The largest absolute Gasteiger partial charge is 0.503 e. The van der Waals surface area contributed by atoms with E-state index in [9.17, 15) is 5.11 Å². The van der Waals surface area contributed by atoms with Gasteiger partial charge in [0, 0.05) is 10.2 Å². The van der Waals surface area contributed by atoms with Crippen molar-refractivity contribution < 1.29 is 9.84 Å². The summed E-state index contributed by atoms with van der Waals surface area (Å²) in [6.45, 7) is 12.9. The van der Waals surface area contributed by atoms with Gasteiger partial charge in [-0.25, -0.2) is 0 Å². The van der Waals surface area contributed by atoms with Gasteiger partial charge in [-0.3, -0.25) is 0 Å². The van der Waals surface area contributed by atoms with Crippen LogP contribution in [0.15, 0.2) is 76.7 Å². The van der Waals surface area contributed by atoms with E-state index in [4.69, 9.17) is 10.5 Å². The Balaban J connectivity index is 0. The number of phenolic OH excluding ortho intramolecular Hbond substituents is 1. The number of hydrogen-bond donors (Lipinski definition) is 2. The van der Waals surface area contributed by atoms with Crippen molar-refractivity contribution in [2.75, 3.05) is 12.3 Å². The molecule has 0 saturated carbocycles. The van der Waals surface area contributed by atoms with Crippen LogP contribution in [0.25, 0.3) is 0 Å². The number of nitrogens with two attached hydrogens (primary N) is 1. The first-order valence-corrected chi connectivity index (χ1v) is 9.21. The molecule has 5 heteroatoms. The molecule has 138 valence electrons. The smallest absolute Gasteiger partial charge is 0.172 e. The molecular weight excluding hydrogens is 446 g/mol. The standard InChI is InChI=1S/C8H8Br2O2.C6H7N.2C3H6/c1-2-12-7-4-5(9)3-6(10)8(7)11;7-6-4-2-1-3-5-6;2*1-3-2/h3-4,11H,2H2,1H3;1-5H,7H2;2*3H,1H2,2H3. The fourth-order valence-electron chi connectivity index (χ4n) is 1.26. The molecule has 3 N–H and O–H groups in total. The molecule has 25 heavy (non-hydrogen) atoms. The third-order valence-corrected chi connectivity index (χ3v) is 3.15. The summed E-state index contributed by atoms with van der Waals surface area (Å²) in [4.78, 5) is 0. The Morgan fingerprint density at radius 1 is 1.08 bits per heavy atom. The monoisotopic (exact) mass is 471 g/mol. The number of halogens is 2. The lowest BCUT2D eigenvalue weighted by atomic mass is 10.3. The van der Waals surface area contributed by atoms with Crippen LogP contribution >= 0.6 is 31.9 Å². The summed E-state index contributed by atoms with van der Waals surface area (Å²) in [6, 6.07) is 13.0. The van der Waals surface area contributed by atoms with E-state index in [1.807, 2.05) is 51.1 Å². The van der Waals surface area contributed by atoms with Gasteiger partial charge in [0.15, 0.2) is 11.5 Å². The number of para-hydroxylation sites is 1. The van der Waals surface area contributed by atoms with Gasteiger partial charge < -0.3 is 15.6 Å². The lowest BCUT2D eigenvalue weighted by Gasteiger charge is -2.07. The van der Waals surface area contributed by atoms with Crippen molar-refractivity contribution in [3.05, 3.63) is 76.7 Å². The number of nitrogen functional groups attached to an aromatic ring is 1. The number of aromatic hydroxyl groups is 1. The van der Waals surface area contributed by atoms with Gasteiger partial charge in [0.25, 0.3) is 0 Å². The zero-order valence-corrected chi connectivity index (χ0v) is 18.2. The average Bonchev–Trinajstić information content (AvgIpc) is 2.55. The quantitative estimate of drug-likeness (QED) is 0.366. The van der Waals surface area contributed by atoms with Gasteiger partial charge in [0.1, 0.15) is 0 Å². The van der Waals surface area contributed by atoms with E-state index < -0.39 is 0 Å². The maximum Gasteiger partial charge on any atom is 0.172 e. The van der Waals surface area contributed by atoms with Gasteiger partial charge in [0.05, 0.1) is 11.1 Å². The highest BCUT2D eigenvalue weighted by molar-refractivity contribution is 9.11. The number of ether oxygens (including phenoxy) is 1. The van der Waals surface area contributed by atoms with Gasteiger partial charge in [-0.15, -0.1) is 13.2 Å². The Hall–Kier alpha value is -1.72.